The smallest absolute Gasteiger partial charge is 0.106 e. The van der Waals surface area contributed by atoms with Crippen LogP contribution < -0.4 is 0 Å². The molecule has 1 aromatic carbocycles. The molecule has 4 rings (SSSR count). The maximum Gasteiger partial charge on any atom is 0.106 e. The zero-order chi connectivity index (χ0) is 17.1. The average Bonchev–Trinajstić information content (AvgIpc) is 2.70. The van der Waals surface area contributed by atoms with Crippen molar-refractivity contribution in [1.29, 1.82) is 0 Å². The van der Waals surface area contributed by atoms with Gasteiger partial charge in [0.2, 0.25) is 0 Å². The topological polar surface area (TPSA) is 38.7 Å². The van der Waals surface area contributed by atoms with Crippen molar-refractivity contribution < 1.29 is 0 Å². The zero-order valence-corrected chi connectivity index (χ0v) is 14.9. The fourth-order valence-corrected chi connectivity index (χ4v) is 2.87. The molecule has 0 fully saturated rings. The fraction of sp³-hybridized carbons (Fsp3) is 0. The zero-order valence-electron chi connectivity index (χ0n) is 13.3. The summed E-state index contributed by atoms with van der Waals surface area (Å²) in [7, 11) is 0. The van der Waals surface area contributed by atoms with E-state index in [1.165, 1.54) is 0 Å². The minimum Gasteiger partial charge on any atom is -0.255 e. The van der Waals surface area contributed by atoms with Crippen LogP contribution >= 0.6 is 15.9 Å². The van der Waals surface area contributed by atoms with Crippen LogP contribution in [0.3, 0.4) is 0 Å². The van der Waals surface area contributed by atoms with E-state index in [9.17, 15) is 0 Å². The van der Waals surface area contributed by atoms with Gasteiger partial charge in [-0.15, -0.1) is 0 Å². The molecule has 0 aliphatic heterocycles. The van der Waals surface area contributed by atoms with Crippen LogP contribution in [0.25, 0.3) is 33.6 Å². The molecule has 3 aromatic heterocycles. The van der Waals surface area contributed by atoms with Crippen molar-refractivity contribution in [3.8, 4) is 33.6 Å². The number of aromatic nitrogens is 3. The quantitative estimate of drug-likeness (QED) is 0.427. The molecule has 0 radical (unpaired) electrons. The van der Waals surface area contributed by atoms with Crippen molar-refractivity contribution in [2.24, 2.45) is 0 Å². The van der Waals surface area contributed by atoms with Gasteiger partial charge in [-0.05, 0) is 51.3 Å². The molecular weight excluding hydrogens is 374 g/mol. The molecule has 120 valence electrons. The van der Waals surface area contributed by atoms with Gasteiger partial charge >= 0.3 is 0 Å². The summed E-state index contributed by atoms with van der Waals surface area (Å²) in [5, 5.41) is 0. The van der Waals surface area contributed by atoms with Gasteiger partial charge in [0.25, 0.3) is 0 Å². The van der Waals surface area contributed by atoms with Gasteiger partial charge in [-0.3, -0.25) is 9.97 Å². The first-order chi connectivity index (χ1) is 12.3. The number of hydrogen-bond donors (Lipinski definition) is 0. The summed E-state index contributed by atoms with van der Waals surface area (Å²) in [5.41, 5.74) is 6.21. The largest absolute Gasteiger partial charge is 0.255 e. The van der Waals surface area contributed by atoms with Crippen LogP contribution in [0.15, 0.2) is 89.9 Å². The normalized spacial score (nSPS) is 10.6. The van der Waals surface area contributed by atoms with Gasteiger partial charge < -0.3 is 0 Å². The van der Waals surface area contributed by atoms with E-state index in [0.29, 0.717) is 0 Å². The highest BCUT2D eigenvalue weighted by Gasteiger charge is 2.04. The third-order valence-electron chi connectivity index (χ3n) is 3.97. The number of nitrogens with zero attached hydrogens (tertiary/aromatic N) is 3. The van der Waals surface area contributed by atoms with Gasteiger partial charge in [-0.1, -0.05) is 42.5 Å². The van der Waals surface area contributed by atoms with Gasteiger partial charge in [0, 0.05) is 29.7 Å². The van der Waals surface area contributed by atoms with Crippen molar-refractivity contribution in [3.63, 3.8) is 0 Å². The molecule has 0 N–H and O–H groups in total. The van der Waals surface area contributed by atoms with Crippen LogP contribution in [0.4, 0.5) is 0 Å². The molecule has 3 nitrogen and oxygen atoms in total. The first-order valence-corrected chi connectivity index (χ1v) is 8.69. The number of rotatable bonds is 3. The Labute approximate surface area is 154 Å². The molecule has 0 unspecified atom stereocenters. The van der Waals surface area contributed by atoms with Gasteiger partial charge in [-0.25, -0.2) is 4.98 Å². The second-order valence-corrected chi connectivity index (χ2v) is 6.41. The van der Waals surface area contributed by atoms with Gasteiger partial charge in [0.05, 0.1) is 11.4 Å². The van der Waals surface area contributed by atoms with Crippen LogP contribution in [-0.2, 0) is 0 Å². The minimum atomic E-state index is 0.840. The molecule has 4 aromatic rings. The molecule has 0 spiro atoms. The minimum absolute atomic E-state index is 0.840. The number of benzene rings is 1. The Balaban J connectivity index is 1.59. The SMILES string of the molecule is Brc1ccc(-c2ccc(-c3ccc(-c4ccccn4)nc3)cc2)cn1. The Morgan fingerprint density at radius 3 is 1.64 bits per heavy atom. The van der Waals surface area contributed by atoms with E-state index in [1.54, 1.807) is 6.20 Å². The predicted molar refractivity (Wildman–Crippen MR) is 104 cm³/mol. The second kappa shape index (κ2) is 6.95. The van der Waals surface area contributed by atoms with E-state index in [1.807, 2.05) is 42.7 Å². The Hall–Kier alpha value is -2.85. The number of pyridine rings is 3. The van der Waals surface area contributed by atoms with Crippen molar-refractivity contribution >= 4 is 15.9 Å². The van der Waals surface area contributed by atoms with Gasteiger partial charge in [0.15, 0.2) is 0 Å². The van der Waals surface area contributed by atoms with Crippen LogP contribution in [0.2, 0.25) is 0 Å². The lowest BCUT2D eigenvalue weighted by Crippen LogP contribution is -1.87. The summed E-state index contributed by atoms with van der Waals surface area (Å²) in [4.78, 5) is 13.1. The second-order valence-electron chi connectivity index (χ2n) is 5.59. The number of hydrogen-bond acceptors (Lipinski definition) is 3. The lowest BCUT2D eigenvalue weighted by molar-refractivity contribution is 1.25. The van der Waals surface area contributed by atoms with Gasteiger partial charge in [0.1, 0.15) is 4.60 Å². The van der Waals surface area contributed by atoms with Crippen molar-refractivity contribution in [2.45, 2.75) is 0 Å². The maximum atomic E-state index is 4.54. The molecule has 25 heavy (non-hydrogen) atoms. The molecule has 4 heteroatoms. The fourth-order valence-electron chi connectivity index (χ4n) is 2.63. The highest BCUT2D eigenvalue weighted by molar-refractivity contribution is 9.10. The Kier molecular flexibility index (Phi) is 4.36. The van der Waals surface area contributed by atoms with Crippen molar-refractivity contribution in [3.05, 3.63) is 89.9 Å². The third-order valence-corrected chi connectivity index (χ3v) is 4.44. The molecule has 0 saturated carbocycles. The van der Waals surface area contributed by atoms with Crippen LogP contribution in [0, 0.1) is 0 Å². The molecule has 0 aliphatic rings. The van der Waals surface area contributed by atoms with E-state index >= 15 is 0 Å². The average molecular weight is 388 g/mol. The van der Waals surface area contributed by atoms with Crippen molar-refractivity contribution in [2.75, 3.05) is 0 Å². The molecule has 0 atom stereocenters. The standard InChI is InChI=1S/C21H14BrN3/c22-21-11-9-18(14-25-21)16-6-4-15(5-7-16)17-8-10-20(24-13-17)19-3-1-2-12-23-19/h1-14H. The summed E-state index contributed by atoms with van der Waals surface area (Å²) >= 11 is 3.36. The highest BCUT2D eigenvalue weighted by atomic mass is 79.9. The summed E-state index contributed by atoms with van der Waals surface area (Å²) in [6.45, 7) is 0. The molecular formula is C21H14BrN3. The predicted octanol–water partition coefficient (Wildman–Crippen LogP) is 5.64. The Morgan fingerprint density at radius 1 is 0.520 bits per heavy atom. The van der Waals surface area contributed by atoms with E-state index in [4.69, 9.17) is 0 Å². The highest BCUT2D eigenvalue weighted by Crippen LogP contribution is 2.25. The lowest BCUT2D eigenvalue weighted by Gasteiger charge is -2.06. The third kappa shape index (κ3) is 3.49. The van der Waals surface area contributed by atoms with E-state index in [2.05, 4.69) is 67.3 Å². The Morgan fingerprint density at radius 2 is 1.12 bits per heavy atom. The molecule has 0 amide bonds. The molecule has 0 bridgehead atoms. The van der Waals surface area contributed by atoms with E-state index in [0.717, 1.165) is 38.2 Å². The van der Waals surface area contributed by atoms with Crippen LogP contribution in [0.5, 0.6) is 0 Å². The number of halogens is 1. The summed E-state index contributed by atoms with van der Waals surface area (Å²) in [6.07, 6.45) is 5.53. The Bertz CT molecular complexity index is 964. The lowest BCUT2D eigenvalue weighted by atomic mass is 10.0. The first-order valence-electron chi connectivity index (χ1n) is 7.89. The summed E-state index contributed by atoms with van der Waals surface area (Å²) in [5.74, 6) is 0. The molecule has 0 aliphatic carbocycles. The molecule has 0 saturated heterocycles. The van der Waals surface area contributed by atoms with E-state index < -0.39 is 0 Å². The van der Waals surface area contributed by atoms with Crippen LogP contribution in [-0.4, -0.2) is 15.0 Å². The van der Waals surface area contributed by atoms with Crippen molar-refractivity contribution in [1.82, 2.24) is 15.0 Å². The van der Waals surface area contributed by atoms with Gasteiger partial charge in [-0.2, -0.15) is 0 Å². The van der Waals surface area contributed by atoms with E-state index in [-0.39, 0.29) is 0 Å². The van der Waals surface area contributed by atoms with Crippen LogP contribution in [0.1, 0.15) is 0 Å². The maximum absolute atomic E-state index is 4.54. The monoisotopic (exact) mass is 387 g/mol. The first kappa shape index (κ1) is 15.7. The summed E-state index contributed by atoms with van der Waals surface area (Å²) < 4.78 is 0.840. The molecule has 3 heterocycles. The summed E-state index contributed by atoms with van der Waals surface area (Å²) in [6, 6.07) is 22.3.